The van der Waals surface area contributed by atoms with Gasteiger partial charge in [0, 0.05) is 24.7 Å². The molecule has 1 N–H and O–H groups in total. The average molecular weight is 421 g/mol. The van der Waals surface area contributed by atoms with E-state index in [0.717, 1.165) is 11.8 Å². The molecule has 1 aromatic rings. The van der Waals surface area contributed by atoms with Crippen molar-refractivity contribution in [1.82, 2.24) is 9.62 Å². The summed E-state index contributed by atoms with van der Waals surface area (Å²) in [6, 6.07) is 6.52. The van der Waals surface area contributed by atoms with Gasteiger partial charge >= 0.3 is 0 Å². The first-order valence-corrected chi connectivity index (χ1v) is 12.2. The number of ether oxygens (including phenoxy) is 1. The fourth-order valence-electron chi connectivity index (χ4n) is 5.58. The highest BCUT2D eigenvalue weighted by molar-refractivity contribution is 7.89. The Labute approximate surface area is 174 Å². The lowest BCUT2D eigenvalue weighted by molar-refractivity contribution is -0.0440. The molecule has 1 aromatic carbocycles. The number of nitrogens with zero attached hydrogens (tertiary/aromatic N) is 1. The van der Waals surface area contributed by atoms with Gasteiger partial charge in [-0.05, 0) is 76.0 Å². The van der Waals surface area contributed by atoms with Crippen LogP contribution in [0.15, 0.2) is 29.2 Å². The number of sulfonamides is 1. The molecule has 2 saturated carbocycles. The molecule has 3 fully saturated rings. The number of hydrogen-bond acceptors (Lipinski definition) is 4. The highest BCUT2D eigenvalue weighted by atomic mass is 32.2. The Kier molecular flexibility index (Phi) is 5.75. The van der Waals surface area contributed by atoms with Crippen LogP contribution in [0.25, 0.3) is 0 Å². The van der Waals surface area contributed by atoms with Crippen LogP contribution >= 0.6 is 0 Å². The van der Waals surface area contributed by atoms with Crippen molar-refractivity contribution < 1.29 is 17.9 Å². The molecule has 2 bridgehead atoms. The molecule has 6 atom stereocenters. The summed E-state index contributed by atoms with van der Waals surface area (Å²) in [6.07, 6.45) is 4.81. The van der Waals surface area contributed by atoms with Crippen LogP contribution in [0, 0.1) is 17.8 Å². The zero-order valence-electron chi connectivity index (χ0n) is 17.5. The van der Waals surface area contributed by atoms with Crippen LogP contribution in [-0.2, 0) is 14.8 Å². The average Bonchev–Trinajstić information content (AvgIpc) is 3.31. The summed E-state index contributed by atoms with van der Waals surface area (Å²) in [5, 5.41) is 3.13. The van der Waals surface area contributed by atoms with Crippen LogP contribution in [-0.4, -0.2) is 50.0 Å². The lowest BCUT2D eigenvalue weighted by atomic mass is 9.84. The van der Waals surface area contributed by atoms with Gasteiger partial charge in [0.25, 0.3) is 5.91 Å². The summed E-state index contributed by atoms with van der Waals surface area (Å²) in [5.41, 5.74) is 0.399. The molecule has 1 saturated heterocycles. The van der Waals surface area contributed by atoms with Gasteiger partial charge in [0.1, 0.15) is 0 Å². The van der Waals surface area contributed by atoms with Crippen LogP contribution in [0.2, 0.25) is 0 Å². The van der Waals surface area contributed by atoms with E-state index >= 15 is 0 Å². The van der Waals surface area contributed by atoms with Gasteiger partial charge in [-0.2, -0.15) is 4.31 Å². The predicted molar refractivity (Wildman–Crippen MR) is 111 cm³/mol. The molecule has 1 heterocycles. The van der Waals surface area contributed by atoms with Crippen molar-refractivity contribution in [1.29, 1.82) is 0 Å². The highest BCUT2D eigenvalue weighted by Crippen LogP contribution is 2.49. The fraction of sp³-hybridized carbons (Fsp3) is 0.682. The van der Waals surface area contributed by atoms with E-state index < -0.39 is 10.0 Å². The zero-order chi connectivity index (χ0) is 20.8. The maximum atomic E-state index is 13.1. The van der Waals surface area contributed by atoms with E-state index in [9.17, 15) is 13.2 Å². The smallest absolute Gasteiger partial charge is 0.251 e. The fourth-order valence-corrected chi connectivity index (χ4v) is 7.21. The van der Waals surface area contributed by atoms with Gasteiger partial charge in [-0.25, -0.2) is 8.42 Å². The van der Waals surface area contributed by atoms with Crippen LogP contribution in [0.1, 0.15) is 56.8 Å². The summed E-state index contributed by atoms with van der Waals surface area (Å²) in [4.78, 5) is 13.0. The van der Waals surface area contributed by atoms with E-state index in [1.807, 2.05) is 13.8 Å². The minimum Gasteiger partial charge on any atom is -0.373 e. The molecule has 6 nitrogen and oxygen atoms in total. The second-order valence-corrected chi connectivity index (χ2v) is 11.1. The van der Waals surface area contributed by atoms with E-state index in [2.05, 4.69) is 12.2 Å². The van der Waals surface area contributed by atoms with Crippen molar-refractivity contribution in [2.24, 2.45) is 17.8 Å². The van der Waals surface area contributed by atoms with E-state index in [0.29, 0.717) is 24.6 Å². The first-order valence-electron chi connectivity index (χ1n) is 10.8. The molecule has 0 aromatic heterocycles. The Morgan fingerprint density at radius 2 is 1.90 bits per heavy atom. The first kappa shape index (κ1) is 20.8. The molecule has 1 amide bonds. The minimum absolute atomic E-state index is 0.110. The Morgan fingerprint density at radius 3 is 2.52 bits per heavy atom. The number of nitrogens with one attached hydrogen (secondary N) is 1. The van der Waals surface area contributed by atoms with Gasteiger partial charge in [-0.1, -0.05) is 12.5 Å². The lowest BCUT2D eigenvalue weighted by Gasteiger charge is -2.34. The summed E-state index contributed by atoms with van der Waals surface area (Å²) in [5.74, 6) is 1.91. The minimum atomic E-state index is -3.66. The second-order valence-electron chi connectivity index (χ2n) is 9.21. The van der Waals surface area contributed by atoms with Crippen LogP contribution in [0.4, 0.5) is 0 Å². The van der Waals surface area contributed by atoms with Gasteiger partial charge < -0.3 is 10.1 Å². The van der Waals surface area contributed by atoms with E-state index in [4.69, 9.17) is 4.74 Å². The number of rotatable bonds is 5. The number of carbonyl (C=O) groups is 1. The first-order chi connectivity index (χ1) is 13.7. The number of benzene rings is 1. The maximum Gasteiger partial charge on any atom is 0.251 e. The standard InChI is InChI=1S/C22H32N2O4S/c1-14-12-24(13-15(2)28-14)29(26,27)20-6-4-5-19(11-20)22(25)23-16(3)21-10-17-7-8-18(21)9-17/h4-6,11,14-18,21H,7-10,12-13H2,1-3H3,(H,23,25)/t14-,15-,16-,17+,18+,21-/m1/s1. The van der Waals surface area contributed by atoms with Crippen LogP contribution < -0.4 is 5.32 Å². The predicted octanol–water partition coefficient (Wildman–Crippen LogP) is 3.04. The Hall–Kier alpha value is -1.44. The number of carbonyl (C=O) groups excluding carboxylic acids is 1. The van der Waals surface area contributed by atoms with E-state index in [-0.39, 0.29) is 29.1 Å². The Balaban J connectivity index is 1.47. The second kappa shape index (κ2) is 8.00. The van der Waals surface area contributed by atoms with Gasteiger partial charge in [0.2, 0.25) is 10.0 Å². The third-order valence-corrected chi connectivity index (χ3v) is 8.74. The molecule has 29 heavy (non-hydrogen) atoms. The van der Waals surface area contributed by atoms with Gasteiger partial charge in [0.05, 0.1) is 17.1 Å². The molecule has 2 aliphatic carbocycles. The van der Waals surface area contributed by atoms with Crippen molar-refractivity contribution in [3.63, 3.8) is 0 Å². The van der Waals surface area contributed by atoms with Crippen molar-refractivity contribution in [2.45, 2.75) is 69.6 Å². The third kappa shape index (κ3) is 4.23. The van der Waals surface area contributed by atoms with Gasteiger partial charge in [-0.15, -0.1) is 0 Å². The molecule has 160 valence electrons. The molecule has 4 rings (SSSR count). The summed E-state index contributed by atoms with van der Waals surface area (Å²) >= 11 is 0. The summed E-state index contributed by atoms with van der Waals surface area (Å²) in [6.45, 7) is 6.48. The van der Waals surface area contributed by atoms with Crippen molar-refractivity contribution in [3.8, 4) is 0 Å². The van der Waals surface area contributed by atoms with Gasteiger partial charge in [0.15, 0.2) is 0 Å². The Morgan fingerprint density at radius 1 is 1.17 bits per heavy atom. The van der Waals surface area contributed by atoms with E-state index in [1.54, 1.807) is 18.2 Å². The molecule has 0 radical (unpaired) electrons. The van der Waals surface area contributed by atoms with Crippen molar-refractivity contribution in [2.75, 3.05) is 13.1 Å². The lowest BCUT2D eigenvalue weighted by Crippen LogP contribution is -2.48. The van der Waals surface area contributed by atoms with Crippen LogP contribution in [0.5, 0.6) is 0 Å². The molecule has 7 heteroatoms. The summed E-state index contributed by atoms with van der Waals surface area (Å²) < 4.78 is 33.3. The Bertz CT molecular complexity index is 861. The highest BCUT2D eigenvalue weighted by Gasteiger charge is 2.42. The van der Waals surface area contributed by atoms with E-state index in [1.165, 1.54) is 36.1 Å². The maximum absolute atomic E-state index is 13.1. The summed E-state index contributed by atoms with van der Waals surface area (Å²) in [7, 11) is -3.66. The number of hydrogen-bond donors (Lipinski definition) is 1. The molecule has 3 aliphatic rings. The molecule has 0 spiro atoms. The molecular weight excluding hydrogens is 388 g/mol. The molecule has 1 aliphatic heterocycles. The normalized spacial score (nSPS) is 33.6. The SMILES string of the molecule is C[C@@H]1CN(S(=O)(=O)c2cccc(C(=O)N[C@H](C)[C@H]3C[C@H]4CC[C@H]3C4)c2)C[C@@H](C)O1. The quantitative estimate of drug-likeness (QED) is 0.794. The monoisotopic (exact) mass is 420 g/mol. The van der Waals surface area contributed by atoms with Crippen LogP contribution in [0.3, 0.4) is 0 Å². The van der Waals surface area contributed by atoms with Gasteiger partial charge in [-0.3, -0.25) is 4.79 Å². The number of amides is 1. The topological polar surface area (TPSA) is 75.7 Å². The third-order valence-electron chi connectivity index (χ3n) is 6.91. The molecule has 0 unspecified atom stereocenters. The zero-order valence-corrected chi connectivity index (χ0v) is 18.3. The number of morpholine rings is 1. The molecular formula is C22H32N2O4S. The van der Waals surface area contributed by atoms with Crippen molar-refractivity contribution in [3.05, 3.63) is 29.8 Å². The largest absolute Gasteiger partial charge is 0.373 e. The number of fused-ring (bicyclic) bond motifs is 2. The van der Waals surface area contributed by atoms with Crippen molar-refractivity contribution >= 4 is 15.9 Å².